The van der Waals surface area contributed by atoms with Gasteiger partial charge in [-0.2, -0.15) is 5.10 Å². The first-order chi connectivity index (χ1) is 10.6. The number of amides is 1. The van der Waals surface area contributed by atoms with Crippen LogP contribution in [0.2, 0.25) is 5.02 Å². The maximum atomic E-state index is 13.3. The molecule has 0 aliphatic heterocycles. The molecule has 0 unspecified atom stereocenters. The number of ether oxygens (including phenoxy) is 1. The molecule has 0 bridgehead atoms. The van der Waals surface area contributed by atoms with Crippen molar-refractivity contribution in [3.63, 3.8) is 0 Å². The highest BCUT2D eigenvalue weighted by atomic mass is 35.5. The van der Waals surface area contributed by atoms with E-state index in [1.165, 1.54) is 12.3 Å². The number of benzene rings is 2. The number of hydrogen-bond acceptors (Lipinski definition) is 3. The number of hydrogen-bond donors (Lipinski definition) is 1. The average molecular weight is 321 g/mol. The topological polar surface area (TPSA) is 50.7 Å². The Labute approximate surface area is 132 Å². The van der Waals surface area contributed by atoms with Crippen molar-refractivity contribution in [1.82, 2.24) is 5.43 Å². The van der Waals surface area contributed by atoms with Crippen LogP contribution in [0.3, 0.4) is 0 Å². The maximum absolute atomic E-state index is 13.3. The third-order valence-corrected chi connectivity index (χ3v) is 3.22. The SMILES string of the molecule is Cc1cc(OCC(=O)N/N=C/c2ccccc2F)ccc1Cl. The quantitative estimate of drug-likeness (QED) is 0.678. The molecular weight excluding hydrogens is 307 g/mol. The fourth-order valence-corrected chi connectivity index (χ4v) is 1.76. The lowest BCUT2D eigenvalue weighted by Crippen LogP contribution is -2.24. The summed E-state index contributed by atoms with van der Waals surface area (Å²) in [6.45, 7) is 1.64. The molecule has 0 atom stereocenters. The Morgan fingerprint density at radius 1 is 1.36 bits per heavy atom. The number of nitrogens with one attached hydrogen (secondary N) is 1. The van der Waals surface area contributed by atoms with Gasteiger partial charge in [0.1, 0.15) is 11.6 Å². The minimum atomic E-state index is -0.444. The second kappa shape index (κ2) is 7.56. The van der Waals surface area contributed by atoms with Crippen LogP contribution in [-0.2, 0) is 4.79 Å². The molecule has 1 N–H and O–H groups in total. The lowest BCUT2D eigenvalue weighted by atomic mass is 10.2. The number of aryl methyl sites for hydroxylation is 1. The van der Waals surface area contributed by atoms with Gasteiger partial charge in [0.25, 0.3) is 5.91 Å². The fourth-order valence-electron chi connectivity index (χ4n) is 1.64. The average Bonchev–Trinajstić information content (AvgIpc) is 2.50. The van der Waals surface area contributed by atoms with Gasteiger partial charge in [-0.15, -0.1) is 0 Å². The predicted octanol–water partition coefficient (Wildman–Crippen LogP) is 3.32. The zero-order valence-electron chi connectivity index (χ0n) is 11.8. The maximum Gasteiger partial charge on any atom is 0.277 e. The number of carbonyl (C=O) groups excluding carboxylic acids is 1. The minimum absolute atomic E-state index is 0.199. The highest BCUT2D eigenvalue weighted by Crippen LogP contribution is 2.20. The monoisotopic (exact) mass is 320 g/mol. The number of halogens is 2. The molecule has 4 nitrogen and oxygen atoms in total. The third-order valence-electron chi connectivity index (χ3n) is 2.80. The number of hydrazone groups is 1. The molecule has 0 saturated carbocycles. The van der Waals surface area contributed by atoms with Crippen LogP contribution in [0.4, 0.5) is 4.39 Å². The highest BCUT2D eigenvalue weighted by molar-refractivity contribution is 6.31. The van der Waals surface area contributed by atoms with Crippen molar-refractivity contribution in [2.45, 2.75) is 6.92 Å². The molecule has 0 aliphatic rings. The van der Waals surface area contributed by atoms with Gasteiger partial charge in [-0.05, 0) is 36.8 Å². The van der Waals surface area contributed by atoms with Crippen molar-refractivity contribution in [2.75, 3.05) is 6.61 Å². The summed E-state index contributed by atoms with van der Waals surface area (Å²) in [6.07, 6.45) is 1.24. The van der Waals surface area contributed by atoms with Gasteiger partial charge in [-0.3, -0.25) is 4.79 Å². The lowest BCUT2D eigenvalue weighted by molar-refractivity contribution is -0.123. The fraction of sp³-hybridized carbons (Fsp3) is 0.125. The summed E-state index contributed by atoms with van der Waals surface area (Å²) < 4.78 is 18.6. The molecule has 6 heteroatoms. The van der Waals surface area contributed by atoms with Crippen LogP contribution in [0.25, 0.3) is 0 Å². The molecule has 2 rings (SSSR count). The summed E-state index contributed by atoms with van der Waals surface area (Å²) in [5.41, 5.74) is 3.41. The standard InChI is InChI=1S/C16H14ClFN2O2/c1-11-8-13(6-7-14(11)17)22-10-16(21)20-19-9-12-4-2-3-5-15(12)18/h2-9H,10H2,1H3,(H,20,21)/b19-9+. The lowest BCUT2D eigenvalue weighted by Gasteiger charge is -2.06. The van der Waals surface area contributed by atoms with Crippen molar-refractivity contribution >= 4 is 23.7 Å². The van der Waals surface area contributed by atoms with Crippen molar-refractivity contribution in [1.29, 1.82) is 0 Å². The van der Waals surface area contributed by atoms with Gasteiger partial charge < -0.3 is 4.74 Å². The summed E-state index contributed by atoms with van der Waals surface area (Å²) in [5, 5.41) is 4.31. The van der Waals surface area contributed by atoms with E-state index >= 15 is 0 Å². The van der Waals surface area contributed by atoms with Gasteiger partial charge in [-0.25, -0.2) is 9.82 Å². The Morgan fingerprint density at radius 3 is 2.86 bits per heavy atom. The molecule has 22 heavy (non-hydrogen) atoms. The highest BCUT2D eigenvalue weighted by Gasteiger charge is 2.03. The van der Waals surface area contributed by atoms with E-state index in [1.807, 2.05) is 6.92 Å². The first-order valence-electron chi connectivity index (χ1n) is 6.51. The summed E-state index contributed by atoms with van der Waals surface area (Å²) in [4.78, 5) is 11.6. The van der Waals surface area contributed by atoms with Crippen LogP contribution in [0.15, 0.2) is 47.6 Å². The van der Waals surface area contributed by atoms with E-state index < -0.39 is 11.7 Å². The molecule has 0 aliphatic carbocycles. The predicted molar refractivity (Wildman–Crippen MR) is 83.8 cm³/mol. The molecule has 0 fully saturated rings. The first kappa shape index (κ1) is 16.0. The van der Waals surface area contributed by atoms with Gasteiger partial charge in [-0.1, -0.05) is 29.8 Å². The number of nitrogens with zero attached hydrogens (tertiary/aromatic N) is 1. The molecule has 114 valence electrons. The molecule has 0 aromatic heterocycles. The molecule has 2 aromatic carbocycles. The van der Waals surface area contributed by atoms with Gasteiger partial charge in [0.05, 0.1) is 6.21 Å². The Balaban J connectivity index is 1.83. The molecule has 0 heterocycles. The van der Waals surface area contributed by atoms with Crippen molar-refractivity contribution < 1.29 is 13.9 Å². The Morgan fingerprint density at radius 2 is 2.14 bits per heavy atom. The summed E-state index contributed by atoms with van der Waals surface area (Å²) in [7, 11) is 0. The van der Waals surface area contributed by atoms with Crippen LogP contribution < -0.4 is 10.2 Å². The van der Waals surface area contributed by atoms with Crippen LogP contribution in [0.5, 0.6) is 5.75 Å². The van der Waals surface area contributed by atoms with Crippen molar-refractivity contribution in [3.8, 4) is 5.75 Å². The summed E-state index contributed by atoms with van der Waals surface area (Å²) in [6, 6.07) is 11.2. The van der Waals surface area contributed by atoms with Gasteiger partial charge >= 0.3 is 0 Å². The van der Waals surface area contributed by atoms with E-state index in [4.69, 9.17) is 16.3 Å². The van der Waals surface area contributed by atoms with Gasteiger partial charge in [0.15, 0.2) is 6.61 Å². The zero-order valence-corrected chi connectivity index (χ0v) is 12.6. The summed E-state index contributed by atoms with van der Waals surface area (Å²) >= 11 is 5.90. The molecule has 0 saturated heterocycles. The van der Waals surface area contributed by atoms with Crippen molar-refractivity contribution in [2.24, 2.45) is 5.10 Å². The second-order valence-electron chi connectivity index (χ2n) is 4.51. The van der Waals surface area contributed by atoms with Crippen LogP contribution >= 0.6 is 11.6 Å². The summed E-state index contributed by atoms with van der Waals surface area (Å²) in [5.74, 6) is -0.316. The Bertz CT molecular complexity index is 704. The first-order valence-corrected chi connectivity index (χ1v) is 6.89. The molecule has 1 amide bonds. The van der Waals surface area contributed by atoms with Crippen molar-refractivity contribution in [3.05, 3.63) is 64.4 Å². The number of rotatable bonds is 5. The van der Waals surface area contributed by atoms with Gasteiger partial charge in [0.2, 0.25) is 0 Å². The van der Waals surface area contributed by atoms with E-state index in [1.54, 1.807) is 36.4 Å². The molecular formula is C16H14ClFN2O2. The minimum Gasteiger partial charge on any atom is -0.484 e. The molecule has 0 radical (unpaired) electrons. The Hall–Kier alpha value is -2.40. The van der Waals surface area contributed by atoms with E-state index in [-0.39, 0.29) is 12.2 Å². The van der Waals surface area contributed by atoms with E-state index in [9.17, 15) is 9.18 Å². The van der Waals surface area contributed by atoms with Crippen LogP contribution in [-0.4, -0.2) is 18.7 Å². The molecule has 2 aromatic rings. The van der Waals surface area contributed by atoms with Gasteiger partial charge in [0, 0.05) is 10.6 Å². The zero-order chi connectivity index (χ0) is 15.9. The van der Waals surface area contributed by atoms with E-state index in [2.05, 4.69) is 10.5 Å². The normalized spacial score (nSPS) is 10.7. The van der Waals surface area contributed by atoms with E-state index in [0.29, 0.717) is 10.8 Å². The smallest absolute Gasteiger partial charge is 0.277 e. The Kier molecular flexibility index (Phi) is 5.49. The van der Waals surface area contributed by atoms with E-state index in [0.717, 1.165) is 5.56 Å². The number of carbonyl (C=O) groups is 1. The van der Waals surface area contributed by atoms with Crippen LogP contribution in [0, 0.1) is 12.7 Å². The third kappa shape index (κ3) is 4.56. The molecule has 0 spiro atoms. The van der Waals surface area contributed by atoms with Crippen LogP contribution in [0.1, 0.15) is 11.1 Å². The largest absolute Gasteiger partial charge is 0.484 e. The second-order valence-corrected chi connectivity index (χ2v) is 4.92.